The number of nitrogens with one attached hydrogen (secondary N) is 1. The molecular formula is C21H23N3O6. The lowest BCUT2D eigenvalue weighted by molar-refractivity contribution is -0.485. The van der Waals surface area contributed by atoms with Gasteiger partial charge in [0.15, 0.2) is 5.54 Å². The number of rotatable bonds is 7. The molecule has 0 fully saturated rings. The molecule has 1 heterocycles. The first kappa shape index (κ1) is 21.1. The van der Waals surface area contributed by atoms with Gasteiger partial charge in [0.05, 0.1) is 19.6 Å². The van der Waals surface area contributed by atoms with Crippen LogP contribution in [0.5, 0.6) is 5.75 Å². The summed E-state index contributed by atoms with van der Waals surface area (Å²) >= 11 is 0. The normalized spacial score (nSPS) is 18.5. The van der Waals surface area contributed by atoms with Crippen LogP contribution in [0.3, 0.4) is 0 Å². The van der Waals surface area contributed by atoms with Crippen molar-refractivity contribution < 1.29 is 24.0 Å². The third-order valence-electron chi connectivity index (χ3n) is 5.28. The van der Waals surface area contributed by atoms with Gasteiger partial charge in [-0.2, -0.15) is 0 Å². The molecule has 0 aromatic heterocycles. The van der Waals surface area contributed by atoms with E-state index in [9.17, 15) is 19.7 Å². The molecule has 2 amide bonds. The smallest absolute Gasteiger partial charge is 0.408 e. The van der Waals surface area contributed by atoms with E-state index < -0.39 is 34.9 Å². The molecule has 2 aromatic rings. The van der Waals surface area contributed by atoms with Gasteiger partial charge in [0.2, 0.25) is 6.54 Å². The number of nitro groups is 1. The quantitative estimate of drug-likeness (QED) is 0.552. The zero-order valence-electron chi connectivity index (χ0n) is 17.0. The Hall–Kier alpha value is -3.62. The fourth-order valence-electron chi connectivity index (χ4n) is 4.03. The number of carbonyl (C=O) groups is 2. The third-order valence-corrected chi connectivity index (χ3v) is 5.28. The van der Waals surface area contributed by atoms with Crippen LogP contribution in [-0.2, 0) is 15.1 Å². The van der Waals surface area contributed by atoms with Gasteiger partial charge in [-0.25, -0.2) is 4.79 Å². The number of fused-ring (bicyclic) bond motifs is 1. The van der Waals surface area contributed by atoms with Gasteiger partial charge in [-0.3, -0.25) is 14.9 Å². The van der Waals surface area contributed by atoms with Crippen molar-refractivity contribution >= 4 is 17.7 Å². The minimum Gasteiger partial charge on any atom is -0.496 e. The maximum absolute atomic E-state index is 13.6. The van der Waals surface area contributed by atoms with Crippen molar-refractivity contribution in [1.82, 2.24) is 5.32 Å². The highest BCUT2D eigenvalue weighted by atomic mass is 16.6. The van der Waals surface area contributed by atoms with E-state index in [1.165, 1.54) is 12.0 Å². The van der Waals surface area contributed by atoms with E-state index in [2.05, 4.69) is 5.32 Å². The van der Waals surface area contributed by atoms with E-state index in [0.29, 0.717) is 22.6 Å². The molecule has 0 radical (unpaired) electrons. The van der Waals surface area contributed by atoms with E-state index in [1.807, 2.05) is 0 Å². The number of likely N-dealkylation sites (N-methyl/N-ethyl adjacent to an activating group) is 1. The number of para-hydroxylation sites is 2. The van der Waals surface area contributed by atoms with Crippen LogP contribution in [0.4, 0.5) is 10.5 Å². The van der Waals surface area contributed by atoms with Crippen LogP contribution in [0.2, 0.25) is 0 Å². The number of amides is 2. The van der Waals surface area contributed by atoms with Gasteiger partial charge in [0, 0.05) is 28.8 Å². The fourth-order valence-corrected chi connectivity index (χ4v) is 4.03. The maximum Gasteiger partial charge on any atom is 0.408 e. The Bertz CT molecular complexity index is 979. The largest absolute Gasteiger partial charge is 0.496 e. The number of methoxy groups -OCH3 is 1. The van der Waals surface area contributed by atoms with Crippen LogP contribution in [0.15, 0.2) is 48.5 Å². The number of nitrogens with zero attached hydrogens (tertiary/aromatic N) is 2. The Morgan fingerprint density at radius 1 is 1.23 bits per heavy atom. The van der Waals surface area contributed by atoms with Gasteiger partial charge >= 0.3 is 6.09 Å². The van der Waals surface area contributed by atoms with Crippen LogP contribution in [-0.4, -0.2) is 44.2 Å². The van der Waals surface area contributed by atoms with Crippen molar-refractivity contribution in [1.29, 1.82) is 0 Å². The standard InChI is InChI=1S/C21H23N3O6/c1-4-30-20(26)22-21(15-10-6-7-11-17(15)23(2)19(21)25)16(13-24(27)28)14-9-5-8-12-18(14)29-3/h5-12,16H,4,13H2,1-3H3,(H,22,26). The predicted molar refractivity (Wildman–Crippen MR) is 109 cm³/mol. The molecule has 158 valence electrons. The van der Waals surface area contributed by atoms with Gasteiger partial charge in [0.1, 0.15) is 5.75 Å². The van der Waals surface area contributed by atoms with Crippen LogP contribution >= 0.6 is 0 Å². The van der Waals surface area contributed by atoms with E-state index in [4.69, 9.17) is 9.47 Å². The highest BCUT2D eigenvalue weighted by Gasteiger charge is 2.58. The summed E-state index contributed by atoms with van der Waals surface area (Å²) in [6.07, 6.45) is -0.834. The molecule has 0 saturated carbocycles. The number of alkyl carbamates (subject to hydrolysis) is 1. The Labute approximate surface area is 173 Å². The first-order chi connectivity index (χ1) is 14.4. The highest BCUT2D eigenvalue weighted by molar-refractivity contribution is 6.09. The number of ether oxygens (including phenoxy) is 2. The first-order valence-corrected chi connectivity index (χ1v) is 9.44. The number of hydrogen-bond acceptors (Lipinski definition) is 6. The summed E-state index contributed by atoms with van der Waals surface area (Å²) in [6, 6.07) is 13.7. The van der Waals surface area contributed by atoms with Crippen molar-refractivity contribution in [3.8, 4) is 5.75 Å². The lowest BCUT2D eigenvalue weighted by Crippen LogP contribution is -2.57. The molecule has 2 unspecified atom stereocenters. The van der Waals surface area contributed by atoms with Crippen molar-refractivity contribution in [2.75, 3.05) is 32.2 Å². The van der Waals surface area contributed by atoms with Gasteiger partial charge in [-0.1, -0.05) is 36.4 Å². The molecule has 9 nitrogen and oxygen atoms in total. The number of benzene rings is 2. The SMILES string of the molecule is CCOC(=O)NC1(C(C[N+](=O)[O-])c2ccccc2OC)C(=O)N(C)c2ccccc21. The van der Waals surface area contributed by atoms with E-state index in [0.717, 1.165) is 0 Å². The van der Waals surface area contributed by atoms with E-state index in [1.54, 1.807) is 62.5 Å². The van der Waals surface area contributed by atoms with Gasteiger partial charge in [-0.15, -0.1) is 0 Å². The molecule has 2 atom stereocenters. The van der Waals surface area contributed by atoms with Gasteiger partial charge in [-0.05, 0) is 19.1 Å². The zero-order valence-corrected chi connectivity index (χ0v) is 17.0. The fraction of sp³-hybridized carbons (Fsp3) is 0.333. The van der Waals surface area contributed by atoms with Crippen molar-refractivity contribution in [2.45, 2.75) is 18.4 Å². The number of carbonyl (C=O) groups excluding carboxylic acids is 2. The van der Waals surface area contributed by atoms with Crippen LogP contribution in [0.1, 0.15) is 24.0 Å². The lowest BCUT2D eigenvalue weighted by atomic mass is 9.74. The molecular weight excluding hydrogens is 390 g/mol. The molecule has 1 aliphatic rings. The summed E-state index contributed by atoms with van der Waals surface area (Å²) in [5.74, 6) is -1.16. The van der Waals surface area contributed by atoms with E-state index in [-0.39, 0.29) is 6.61 Å². The van der Waals surface area contributed by atoms with Crippen LogP contribution in [0, 0.1) is 10.1 Å². The molecule has 0 spiro atoms. The minimum atomic E-state index is -1.74. The summed E-state index contributed by atoms with van der Waals surface area (Å²) in [7, 11) is 3.02. The summed E-state index contributed by atoms with van der Waals surface area (Å²) in [5.41, 5.74) is -0.281. The van der Waals surface area contributed by atoms with Crippen molar-refractivity contribution in [2.24, 2.45) is 0 Å². The molecule has 9 heteroatoms. The molecule has 1 N–H and O–H groups in total. The number of hydrogen-bond donors (Lipinski definition) is 1. The predicted octanol–water partition coefficient (Wildman–Crippen LogP) is 2.67. The summed E-state index contributed by atoms with van der Waals surface area (Å²) in [4.78, 5) is 38.7. The second-order valence-electron chi connectivity index (χ2n) is 6.84. The summed E-state index contributed by atoms with van der Waals surface area (Å²) in [5, 5.41) is 14.4. The Kier molecular flexibility index (Phi) is 5.91. The van der Waals surface area contributed by atoms with Crippen LogP contribution < -0.4 is 15.0 Å². The molecule has 3 rings (SSSR count). The second-order valence-corrected chi connectivity index (χ2v) is 6.84. The molecule has 30 heavy (non-hydrogen) atoms. The van der Waals surface area contributed by atoms with Gasteiger partial charge in [0.25, 0.3) is 5.91 Å². The lowest BCUT2D eigenvalue weighted by Gasteiger charge is -2.35. The Balaban J connectivity index is 2.30. The average Bonchev–Trinajstić information content (AvgIpc) is 2.95. The Morgan fingerprint density at radius 3 is 2.57 bits per heavy atom. The average molecular weight is 413 g/mol. The summed E-state index contributed by atoms with van der Waals surface area (Å²) in [6.45, 7) is 1.11. The Morgan fingerprint density at radius 2 is 1.90 bits per heavy atom. The van der Waals surface area contributed by atoms with Crippen molar-refractivity contribution in [3.63, 3.8) is 0 Å². The van der Waals surface area contributed by atoms with Gasteiger partial charge < -0.3 is 19.7 Å². The molecule has 2 aromatic carbocycles. The second kappa shape index (κ2) is 8.40. The number of anilines is 1. The first-order valence-electron chi connectivity index (χ1n) is 9.44. The highest BCUT2D eigenvalue weighted by Crippen LogP contribution is 2.49. The summed E-state index contributed by atoms with van der Waals surface area (Å²) < 4.78 is 10.5. The monoisotopic (exact) mass is 413 g/mol. The molecule has 0 saturated heterocycles. The van der Waals surface area contributed by atoms with Crippen LogP contribution in [0.25, 0.3) is 0 Å². The van der Waals surface area contributed by atoms with Crippen molar-refractivity contribution in [3.05, 3.63) is 69.8 Å². The molecule has 0 bridgehead atoms. The molecule has 1 aliphatic heterocycles. The maximum atomic E-state index is 13.6. The minimum absolute atomic E-state index is 0.0855. The zero-order chi connectivity index (χ0) is 21.9. The van der Waals surface area contributed by atoms with E-state index >= 15 is 0 Å². The third kappa shape index (κ3) is 3.42. The molecule has 0 aliphatic carbocycles. The topological polar surface area (TPSA) is 111 Å².